The molecule has 3 heterocycles. The van der Waals surface area contributed by atoms with Crippen molar-refractivity contribution in [1.82, 2.24) is 4.57 Å². The van der Waals surface area contributed by atoms with Crippen LogP contribution >= 0.6 is 11.3 Å². The van der Waals surface area contributed by atoms with Gasteiger partial charge in [-0.3, -0.25) is 0 Å². The zero-order valence-electron chi connectivity index (χ0n) is 26.9. The number of rotatable bonds is 4. The van der Waals surface area contributed by atoms with Crippen molar-refractivity contribution < 1.29 is 4.42 Å². The van der Waals surface area contributed by atoms with Gasteiger partial charge in [0.2, 0.25) is 0 Å². The molecule has 0 N–H and O–H groups in total. The molecule has 234 valence electrons. The van der Waals surface area contributed by atoms with Gasteiger partial charge in [0.1, 0.15) is 11.2 Å². The summed E-state index contributed by atoms with van der Waals surface area (Å²) in [6.07, 6.45) is 0. The van der Waals surface area contributed by atoms with Crippen LogP contribution in [0.1, 0.15) is 0 Å². The van der Waals surface area contributed by atoms with E-state index in [2.05, 4.69) is 173 Å². The lowest BCUT2D eigenvalue weighted by atomic mass is 10.0. The first-order valence-corrected chi connectivity index (χ1v) is 17.8. The number of furan rings is 1. The van der Waals surface area contributed by atoms with Gasteiger partial charge in [0.15, 0.2) is 0 Å². The van der Waals surface area contributed by atoms with E-state index in [-0.39, 0.29) is 0 Å². The van der Waals surface area contributed by atoms with Crippen molar-refractivity contribution in [2.24, 2.45) is 0 Å². The summed E-state index contributed by atoms with van der Waals surface area (Å²) in [5, 5.41) is 9.51. The summed E-state index contributed by atoms with van der Waals surface area (Å²) in [5.74, 6) is 0. The zero-order valence-corrected chi connectivity index (χ0v) is 27.7. The predicted molar refractivity (Wildman–Crippen MR) is 213 cm³/mol. The maximum atomic E-state index is 6.56. The second-order valence-electron chi connectivity index (χ2n) is 12.9. The van der Waals surface area contributed by atoms with Gasteiger partial charge in [-0.1, -0.05) is 115 Å². The smallest absolute Gasteiger partial charge is 0.143 e. The lowest BCUT2D eigenvalue weighted by Crippen LogP contribution is -2.11. The Kier molecular flexibility index (Phi) is 5.83. The molecule has 0 fully saturated rings. The Morgan fingerprint density at radius 2 is 1.12 bits per heavy atom. The molecule has 0 saturated carbocycles. The number of thiophene rings is 1. The van der Waals surface area contributed by atoms with Crippen LogP contribution < -0.4 is 4.90 Å². The van der Waals surface area contributed by atoms with E-state index in [1.165, 1.54) is 42.0 Å². The number of hydrogen-bond donors (Lipinski definition) is 0. The first-order chi connectivity index (χ1) is 24.8. The highest BCUT2D eigenvalue weighted by Gasteiger charge is 2.24. The van der Waals surface area contributed by atoms with Crippen molar-refractivity contribution in [3.63, 3.8) is 0 Å². The summed E-state index contributed by atoms with van der Waals surface area (Å²) in [6, 6.07) is 61.3. The first kappa shape index (κ1) is 27.6. The number of nitrogens with zero attached hydrogens (tertiary/aromatic N) is 2. The summed E-state index contributed by atoms with van der Waals surface area (Å²) in [6.45, 7) is 0. The van der Waals surface area contributed by atoms with E-state index >= 15 is 0 Å². The monoisotopic (exact) mass is 656 g/mol. The van der Waals surface area contributed by atoms with Gasteiger partial charge in [-0.2, -0.15) is 0 Å². The van der Waals surface area contributed by atoms with Crippen LogP contribution in [-0.2, 0) is 0 Å². The molecule has 0 spiro atoms. The van der Waals surface area contributed by atoms with Crippen LogP contribution in [0.4, 0.5) is 17.1 Å². The standard InChI is InChI=1S/C46H28N2OS/c1-2-13-29(14-3-1)47-39-21-9-6-15-31(39)33-26-25-30(27-41(33)47)48(40-22-12-20-37-35-18-8-11-24-44(35)50-46(37)40)42-28-38-34-17-7-10-23-43(34)49-45(38)36-19-5-4-16-32(36)42/h1-28H. The molecule has 0 saturated heterocycles. The molecule has 8 aromatic carbocycles. The first-order valence-electron chi connectivity index (χ1n) is 16.9. The topological polar surface area (TPSA) is 21.3 Å². The molecule has 0 aliphatic carbocycles. The van der Waals surface area contributed by atoms with E-state index < -0.39 is 0 Å². The van der Waals surface area contributed by atoms with Crippen LogP contribution in [0, 0.1) is 0 Å². The molecule has 0 bridgehead atoms. The van der Waals surface area contributed by atoms with Crippen LogP contribution in [-0.4, -0.2) is 4.57 Å². The van der Waals surface area contributed by atoms with Gasteiger partial charge in [-0.15, -0.1) is 11.3 Å². The molecule has 0 amide bonds. The minimum absolute atomic E-state index is 0.900. The SMILES string of the molecule is c1ccc(-n2c3ccccc3c3ccc(N(c4cc5c6ccccc6oc5c5ccccc45)c4cccc5c4sc4ccccc45)cc32)cc1. The van der Waals surface area contributed by atoms with E-state index in [0.29, 0.717) is 0 Å². The van der Waals surface area contributed by atoms with E-state index in [1.807, 2.05) is 17.4 Å². The third-order valence-corrected chi connectivity index (χ3v) is 11.4. The molecule has 0 radical (unpaired) electrons. The normalized spacial score (nSPS) is 12.0. The fourth-order valence-corrected chi connectivity index (χ4v) is 9.19. The third kappa shape index (κ3) is 3.91. The average Bonchev–Trinajstić information content (AvgIpc) is 3.85. The summed E-state index contributed by atoms with van der Waals surface area (Å²) >= 11 is 1.86. The molecule has 3 nitrogen and oxygen atoms in total. The van der Waals surface area contributed by atoms with Crippen molar-refractivity contribution in [1.29, 1.82) is 0 Å². The fraction of sp³-hybridized carbons (Fsp3) is 0. The molecule has 11 rings (SSSR count). The lowest BCUT2D eigenvalue weighted by Gasteiger charge is -2.28. The van der Waals surface area contributed by atoms with Crippen molar-refractivity contribution in [3.8, 4) is 5.69 Å². The number of fused-ring (bicyclic) bond motifs is 11. The molecule has 0 unspecified atom stereocenters. The number of benzene rings is 8. The molecule has 0 aliphatic rings. The van der Waals surface area contributed by atoms with Crippen LogP contribution in [0.25, 0.3) is 80.4 Å². The summed E-state index contributed by atoms with van der Waals surface area (Å²) < 4.78 is 11.5. The highest BCUT2D eigenvalue weighted by molar-refractivity contribution is 7.26. The minimum Gasteiger partial charge on any atom is -0.455 e. The molecule has 4 heteroatoms. The largest absolute Gasteiger partial charge is 0.455 e. The average molecular weight is 657 g/mol. The van der Waals surface area contributed by atoms with Crippen LogP contribution in [0.3, 0.4) is 0 Å². The van der Waals surface area contributed by atoms with Crippen molar-refractivity contribution in [3.05, 3.63) is 170 Å². The Morgan fingerprint density at radius 1 is 0.440 bits per heavy atom. The number of anilines is 3. The summed E-state index contributed by atoms with van der Waals surface area (Å²) in [5.41, 5.74) is 8.70. The molecular weight excluding hydrogens is 629 g/mol. The molecule has 50 heavy (non-hydrogen) atoms. The zero-order chi connectivity index (χ0) is 32.8. The Hall–Kier alpha value is -6.36. The third-order valence-electron chi connectivity index (χ3n) is 10.2. The summed E-state index contributed by atoms with van der Waals surface area (Å²) in [4.78, 5) is 2.48. The van der Waals surface area contributed by atoms with E-state index in [4.69, 9.17) is 4.42 Å². The minimum atomic E-state index is 0.900. The Labute approximate surface area is 291 Å². The molecule has 0 aliphatic heterocycles. The van der Waals surface area contributed by atoms with Gasteiger partial charge >= 0.3 is 0 Å². The van der Waals surface area contributed by atoms with Crippen molar-refractivity contribution >= 4 is 103 Å². The maximum Gasteiger partial charge on any atom is 0.143 e. The lowest BCUT2D eigenvalue weighted by molar-refractivity contribution is 0.672. The molecule has 11 aromatic rings. The van der Waals surface area contributed by atoms with Gasteiger partial charge in [0.25, 0.3) is 0 Å². The van der Waals surface area contributed by atoms with Crippen LogP contribution in [0.15, 0.2) is 174 Å². The molecular formula is C46H28N2OS. The summed E-state index contributed by atoms with van der Waals surface area (Å²) in [7, 11) is 0. The van der Waals surface area contributed by atoms with E-state index in [1.54, 1.807) is 0 Å². The highest BCUT2D eigenvalue weighted by atomic mass is 32.1. The number of hydrogen-bond acceptors (Lipinski definition) is 3. The Bertz CT molecular complexity index is 3110. The Morgan fingerprint density at radius 3 is 2.00 bits per heavy atom. The van der Waals surface area contributed by atoms with E-state index in [0.717, 1.165) is 55.5 Å². The predicted octanol–water partition coefficient (Wildman–Crippen LogP) is 13.7. The van der Waals surface area contributed by atoms with Crippen LogP contribution in [0.5, 0.6) is 0 Å². The van der Waals surface area contributed by atoms with E-state index in [9.17, 15) is 0 Å². The van der Waals surface area contributed by atoms with Crippen LogP contribution in [0.2, 0.25) is 0 Å². The molecule has 3 aromatic heterocycles. The number of para-hydroxylation sites is 3. The quantitative estimate of drug-likeness (QED) is 0.188. The van der Waals surface area contributed by atoms with Gasteiger partial charge in [0.05, 0.1) is 27.1 Å². The van der Waals surface area contributed by atoms with Gasteiger partial charge in [-0.05, 0) is 54.6 Å². The van der Waals surface area contributed by atoms with Gasteiger partial charge < -0.3 is 13.9 Å². The second-order valence-corrected chi connectivity index (χ2v) is 13.9. The van der Waals surface area contributed by atoms with Crippen molar-refractivity contribution in [2.75, 3.05) is 4.90 Å². The molecule has 0 atom stereocenters. The van der Waals surface area contributed by atoms with Gasteiger partial charge in [0, 0.05) is 59.2 Å². The van der Waals surface area contributed by atoms with Crippen molar-refractivity contribution in [2.45, 2.75) is 0 Å². The maximum absolute atomic E-state index is 6.56. The fourth-order valence-electron chi connectivity index (χ4n) is 7.98. The highest BCUT2D eigenvalue weighted by Crippen LogP contribution is 2.49. The Balaban J connectivity index is 1.29. The van der Waals surface area contributed by atoms with Gasteiger partial charge in [-0.25, -0.2) is 0 Å². The second kappa shape index (κ2) is 10.6. The number of aromatic nitrogens is 1.